The fourth-order valence-corrected chi connectivity index (χ4v) is 4.52. The van der Waals surface area contributed by atoms with Gasteiger partial charge >= 0.3 is 6.09 Å². The summed E-state index contributed by atoms with van der Waals surface area (Å²) < 4.78 is 19.9. The SMILES string of the molecule is CC(C)(C)OC(=O)NCc1cccc(C2=NC(CC(N)=O)C(=O)N(Cc3ccccc3F)c3ccc(Cl)cc32)c1. The number of aliphatic imine (C=N–C) groups is 1. The zero-order valence-electron chi connectivity index (χ0n) is 22.4. The van der Waals surface area contributed by atoms with E-state index in [0.717, 1.165) is 5.56 Å². The van der Waals surface area contributed by atoms with Crippen LogP contribution in [0.3, 0.4) is 0 Å². The number of amides is 3. The van der Waals surface area contributed by atoms with E-state index in [4.69, 9.17) is 27.1 Å². The maximum absolute atomic E-state index is 14.6. The van der Waals surface area contributed by atoms with Crippen molar-refractivity contribution in [1.29, 1.82) is 0 Å². The number of anilines is 1. The molecule has 208 valence electrons. The lowest BCUT2D eigenvalue weighted by atomic mass is 9.98. The van der Waals surface area contributed by atoms with E-state index < -0.39 is 35.4 Å². The first-order valence-corrected chi connectivity index (χ1v) is 13.1. The molecule has 0 spiro atoms. The highest BCUT2D eigenvalue weighted by molar-refractivity contribution is 6.32. The molecule has 10 heteroatoms. The Morgan fingerprint density at radius 2 is 1.85 bits per heavy atom. The number of fused-ring (bicyclic) bond motifs is 1. The first-order chi connectivity index (χ1) is 18.9. The summed E-state index contributed by atoms with van der Waals surface area (Å²) in [5.74, 6) is -1.66. The summed E-state index contributed by atoms with van der Waals surface area (Å²) in [7, 11) is 0. The topological polar surface area (TPSA) is 114 Å². The van der Waals surface area contributed by atoms with Crippen LogP contribution in [0.5, 0.6) is 0 Å². The molecule has 0 radical (unpaired) electrons. The van der Waals surface area contributed by atoms with Crippen LogP contribution in [0.1, 0.15) is 49.4 Å². The maximum Gasteiger partial charge on any atom is 0.407 e. The molecule has 0 fully saturated rings. The Morgan fingerprint density at radius 1 is 1.10 bits per heavy atom. The molecule has 0 aromatic heterocycles. The number of benzodiazepines with no additional fused rings is 1. The molecule has 1 unspecified atom stereocenters. The highest BCUT2D eigenvalue weighted by atomic mass is 35.5. The van der Waals surface area contributed by atoms with Crippen molar-refractivity contribution >= 4 is 40.9 Å². The van der Waals surface area contributed by atoms with E-state index in [1.807, 2.05) is 12.1 Å². The number of nitrogens with one attached hydrogen (secondary N) is 1. The fraction of sp³-hybridized carbons (Fsp3) is 0.267. The maximum atomic E-state index is 14.6. The van der Waals surface area contributed by atoms with E-state index >= 15 is 0 Å². The van der Waals surface area contributed by atoms with Gasteiger partial charge in [-0.2, -0.15) is 0 Å². The first-order valence-electron chi connectivity index (χ1n) is 12.7. The molecular weight excluding hydrogens is 535 g/mol. The van der Waals surface area contributed by atoms with Crippen LogP contribution in [0.25, 0.3) is 0 Å². The van der Waals surface area contributed by atoms with E-state index in [-0.39, 0.29) is 19.5 Å². The number of primary amides is 1. The van der Waals surface area contributed by atoms with Crippen LogP contribution < -0.4 is 16.0 Å². The molecule has 1 atom stereocenters. The lowest BCUT2D eigenvalue weighted by molar-refractivity contribution is -0.124. The van der Waals surface area contributed by atoms with E-state index in [0.29, 0.717) is 33.1 Å². The molecule has 3 aromatic carbocycles. The van der Waals surface area contributed by atoms with Gasteiger partial charge < -0.3 is 20.7 Å². The molecule has 0 aliphatic carbocycles. The third kappa shape index (κ3) is 7.04. The van der Waals surface area contributed by atoms with Gasteiger partial charge in [-0.3, -0.25) is 14.6 Å². The largest absolute Gasteiger partial charge is 0.444 e. The molecule has 0 bridgehead atoms. The smallest absolute Gasteiger partial charge is 0.407 e. The van der Waals surface area contributed by atoms with Gasteiger partial charge in [0.1, 0.15) is 17.5 Å². The van der Waals surface area contributed by atoms with Gasteiger partial charge in [-0.1, -0.05) is 48.0 Å². The zero-order chi connectivity index (χ0) is 29.0. The average molecular weight is 565 g/mol. The van der Waals surface area contributed by atoms with Crippen LogP contribution in [-0.2, 0) is 27.4 Å². The Morgan fingerprint density at radius 3 is 2.55 bits per heavy atom. The van der Waals surface area contributed by atoms with Crippen molar-refractivity contribution in [3.63, 3.8) is 0 Å². The molecule has 3 N–H and O–H groups in total. The van der Waals surface area contributed by atoms with Crippen molar-refractivity contribution in [3.05, 3.63) is 99.8 Å². The van der Waals surface area contributed by atoms with E-state index in [2.05, 4.69) is 5.32 Å². The number of benzene rings is 3. The molecule has 3 aromatic rings. The third-order valence-electron chi connectivity index (χ3n) is 6.06. The van der Waals surface area contributed by atoms with E-state index in [1.54, 1.807) is 69.3 Å². The van der Waals surface area contributed by atoms with Crippen molar-refractivity contribution < 1.29 is 23.5 Å². The van der Waals surface area contributed by atoms with Gasteiger partial charge in [0.25, 0.3) is 5.91 Å². The highest BCUT2D eigenvalue weighted by Gasteiger charge is 2.33. The van der Waals surface area contributed by atoms with Crippen LogP contribution in [0.2, 0.25) is 5.02 Å². The van der Waals surface area contributed by atoms with Crippen molar-refractivity contribution in [3.8, 4) is 0 Å². The number of carbonyl (C=O) groups is 3. The second-order valence-corrected chi connectivity index (χ2v) is 10.8. The summed E-state index contributed by atoms with van der Waals surface area (Å²) in [6.07, 6.45) is -0.893. The molecule has 4 rings (SSSR count). The average Bonchev–Trinajstić information content (AvgIpc) is 2.98. The predicted octanol–water partition coefficient (Wildman–Crippen LogP) is 5.13. The van der Waals surface area contributed by atoms with Gasteiger partial charge in [-0.15, -0.1) is 0 Å². The Labute approximate surface area is 237 Å². The van der Waals surface area contributed by atoms with Crippen LogP contribution in [0, 0.1) is 5.82 Å². The molecule has 40 heavy (non-hydrogen) atoms. The summed E-state index contributed by atoms with van der Waals surface area (Å²) >= 11 is 6.39. The zero-order valence-corrected chi connectivity index (χ0v) is 23.2. The number of halogens is 2. The van der Waals surface area contributed by atoms with Gasteiger partial charge in [-0.25, -0.2) is 9.18 Å². The minimum Gasteiger partial charge on any atom is -0.444 e. The Bertz CT molecular complexity index is 1480. The number of carbonyl (C=O) groups excluding carboxylic acids is 3. The molecular formula is C30H30ClFN4O4. The fourth-order valence-electron chi connectivity index (χ4n) is 4.34. The van der Waals surface area contributed by atoms with Crippen molar-refractivity contribution in [2.24, 2.45) is 10.7 Å². The summed E-state index contributed by atoms with van der Waals surface area (Å²) in [5, 5.41) is 3.13. The summed E-state index contributed by atoms with van der Waals surface area (Å²) in [6, 6.07) is 17.2. The van der Waals surface area contributed by atoms with Gasteiger partial charge in [0.2, 0.25) is 5.91 Å². The summed E-state index contributed by atoms with van der Waals surface area (Å²) in [5.41, 5.74) is 7.93. The quantitative estimate of drug-likeness (QED) is 0.414. The van der Waals surface area contributed by atoms with Crippen LogP contribution in [0.15, 0.2) is 71.7 Å². The number of ether oxygens (including phenoxy) is 1. The number of rotatable bonds is 7. The normalized spacial score (nSPS) is 15.1. The lowest BCUT2D eigenvalue weighted by Gasteiger charge is -2.25. The first kappa shape index (κ1) is 28.8. The van der Waals surface area contributed by atoms with Crippen molar-refractivity contribution in [2.75, 3.05) is 4.90 Å². The van der Waals surface area contributed by atoms with E-state index in [1.165, 1.54) is 11.0 Å². The molecule has 1 aliphatic heterocycles. The predicted molar refractivity (Wildman–Crippen MR) is 152 cm³/mol. The number of alkyl carbamates (subject to hydrolysis) is 1. The van der Waals surface area contributed by atoms with Crippen LogP contribution in [-0.4, -0.2) is 35.3 Å². The monoisotopic (exact) mass is 564 g/mol. The minimum absolute atomic E-state index is 0.0853. The number of hydrogen-bond donors (Lipinski definition) is 2. The Hall–Kier alpha value is -4.24. The van der Waals surface area contributed by atoms with Gasteiger partial charge in [-0.05, 0) is 56.7 Å². The molecule has 0 saturated carbocycles. The van der Waals surface area contributed by atoms with Crippen LogP contribution in [0.4, 0.5) is 14.9 Å². The number of nitrogens with zero attached hydrogens (tertiary/aromatic N) is 2. The Balaban J connectivity index is 1.77. The minimum atomic E-state index is -1.14. The molecule has 1 aliphatic rings. The van der Waals surface area contributed by atoms with E-state index in [9.17, 15) is 18.8 Å². The number of hydrogen-bond acceptors (Lipinski definition) is 5. The second-order valence-electron chi connectivity index (χ2n) is 10.4. The Kier molecular flexibility index (Phi) is 8.54. The molecule has 3 amide bonds. The highest BCUT2D eigenvalue weighted by Crippen LogP contribution is 2.33. The van der Waals surface area contributed by atoms with Crippen LogP contribution >= 0.6 is 11.6 Å². The second kappa shape index (κ2) is 11.9. The van der Waals surface area contributed by atoms with Gasteiger partial charge in [0, 0.05) is 28.3 Å². The number of nitrogens with two attached hydrogens (primary N) is 1. The third-order valence-corrected chi connectivity index (χ3v) is 6.29. The summed E-state index contributed by atoms with van der Waals surface area (Å²) in [4.78, 5) is 44.0. The van der Waals surface area contributed by atoms with Gasteiger partial charge in [0.05, 0.1) is 24.4 Å². The lowest BCUT2D eigenvalue weighted by Crippen LogP contribution is -2.39. The molecule has 8 nitrogen and oxygen atoms in total. The molecule has 1 heterocycles. The van der Waals surface area contributed by atoms with Crippen molar-refractivity contribution in [2.45, 2.75) is 51.9 Å². The molecule has 0 saturated heterocycles. The summed E-state index contributed by atoms with van der Waals surface area (Å²) in [6.45, 7) is 5.43. The van der Waals surface area contributed by atoms with Gasteiger partial charge in [0.15, 0.2) is 0 Å². The van der Waals surface area contributed by atoms with Crippen molar-refractivity contribution in [1.82, 2.24) is 5.32 Å². The standard InChI is InChI=1S/C30H30ClFN4O4/c1-30(2,3)40-29(39)34-16-18-7-6-9-19(13-18)27-22-14-21(31)11-12-25(22)36(17-20-8-4-5-10-23(20)32)28(38)24(35-27)15-26(33)37/h4-14,24H,15-17H2,1-3H3,(H2,33,37)(H,34,39).